The standard InChI is InChI=1S/C14H19N3O3/c1-10(16)7-11-3-4-12(19-2)13(8-11)20-9-14(18)17-6-5-15/h3-4,8,10H,6-7,9,16H2,1-2H3,(H,17,18). The maximum Gasteiger partial charge on any atom is 0.258 e. The van der Waals surface area contributed by atoms with E-state index in [-0.39, 0.29) is 25.1 Å². The molecule has 0 aromatic heterocycles. The zero-order valence-electron chi connectivity index (χ0n) is 11.7. The summed E-state index contributed by atoms with van der Waals surface area (Å²) in [7, 11) is 1.53. The van der Waals surface area contributed by atoms with E-state index in [1.807, 2.05) is 19.1 Å². The third-order valence-electron chi connectivity index (χ3n) is 2.51. The van der Waals surface area contributed by atoms with Crippen LogP contribution in [0.2, 0.25) is 0 Å². The van der Waals surface area contributed by atoms with E-state index in [9.17, 15) is 4.79 Å². The summed E-state index contributed by atoms with van der Waals surface area (Å²) >= 11 is 0. The van der Waals surface area contributed by atoms with Gasteiger partial charge < -0.3 is 20.5 Å². The molecule has 1 aromatic carbocycles. The molecule has 0 saturated heterocycles. The van der Waals surface area contributed by atoms with Crippen LogP contribution in [0.3, 0.4) is 0 Å². The van der Waals surface area contributed by atoms with Crippen LogP contribution in [0, 0.1) is 11.3 Å². The van der Waals surface area contributed by atoms with Crippen LogP contribution in [0.1, 0.15) is 12.5 Å². The summed E-state index contributed by atoms with van der Waals surface area (Å²) in [6.07, 6.45) is 0.709. The van der Waals surface area contributed by atoms with Gasteiger partial charge in [-0.15, -0.1) is 0 Å². The molecule has 0 saturated carbocycles. The first kappa shape index (κ1) is 15.8. The van der Waals surface area contributed by atoms with Crippen molar-refractivity contribution in [3.63, 3.8) is 0 Å². The smallest absolute Gasteiger partial charge is 0.258 e. The Labute approximate surface area is 118 Å². The lowest BCUT2D eigenvalue weighted by Gasteiger charge is -2.13. The lowest BCUT2D eigenvalue weighted by Crippen LogP contribution is -2.29. The van der Waals surface area contributed by atoms with E-state index in [1.165, 1.54) is 7.11 Å². The van der Waals surface area contributed by atoms with E-state index in [0.717, 1.165) is 5.56 Å². The Morgan fingerprint density at radius 2 is 2.25 bits per heavy atom. The van der Waals surface area contributed by atoms with Crippen molar-refractivity contribution in [1.29, 1.82) is 5.26 Å². The highest BCUT2D eigenvalue weighted by Crippen LogP contribution is 2.28. The van der Waals surface area contributed by atoms with E-state index in [2.05, 4.69) is 5.32 Å². The lowest BCUT2D eigenvalue weighted by atomic mass is 10.1. The van der Waals surface area contributed by atoms with Crippen LogP contribution >= 0.6 is 0 Å². The Kier molecular flexibility index (Phi) is 6.33. The molecule has 0 radical (unpaired) electrons. The van der Waals surface area contributed by atoms with Crippen molar-refractivity contribution in [3.8, 4) is 17.6 Å². The molecule has 6 nitrogen and oxygen atoms in total. The highest BCUT2D eigenvalue weighted by Gasteiger charge is 2.09. The molecule has 1 amide bonds. The van der Waals surface area contributed by atoms with E-state index in [0.29, 0.717) is 17.9 Å². The number of ether oxygens (including phenoxy) is 2. The van der Waals surface area contributed by atoms with Crippen LogP contribution in [0.15, 0.2) is 18.2 Å². The van der Waals surface area contributed by atoms with Crippen molar-refractivity contribution in [2.75, 3.05) is 20.3 Å². The van der Waals surface area contributed by atoms with Gasteiger partial charge in [0.2, 0.25) is 0 Å². The maximum absolute atomic E-state index is 11.4. The van der Waals surface area contributed by atoms with Gasteiger partial charge in [-0.05, 0) is 31.0 Å². The summed E-state index contributed by atoms with van der Waals surface area (Å²) in [6, 6.07) is 7.35. The van der Waals surface area contributed by atoms with Gasteiger partial charge >= 0.3 is 0 Å². The van der Waals surface area contributed by atoms with Crippen molar-refractivity contribution in [2.45, 2.75) is 19.4 Å². The number of rotatable bonds is 7. The molecule has 20 heavy (non-hydrogen) atoms. The van der Waals surface area contributed by atoms with Gasteiger partial charge in [-0.2, -0.15) is 5.26 Å². The average molecular weight is 277 g/mol. The van der Waals surface area contributed by atoms with E-state index >= 15 is 0 Å². The first-order chi connectivity index (χ1) is 9.56. The maximum atomic E-state index is 11.4. The second kappa shape index (κ2) is 8.02. The SMILES string of the molecule is COc1ccc(CC(C)N)cc1OCC(=O)NCC#N. The number of methoxy groups -OCH3 is 1. The summed E-state index contributed by atoms with van der Waals surface area (Å²) < 4.78 is 10.6. The number of nitrogens with two attached hydrogens (primary N) is 1. The highest BCUT2D eigenvalue weighted by atomic mass is 16.5. The molecule has 108 valence electrons. The van der Waals surface area contributed by atoms with Gasteiger partial charge in [0, 0.05) is 6.04 Å². The molecular weight excluding hydrogens is 258 g/mol. The summed E-state index contributed by atoms with van der Waals surface area (Å²) in [4.78, 5) is 11.4. The van der Waals surface area contributed by atoms with Gasteiger partial charge in [0.05, 0.1) is 13.2 Å². The number of hydrogen-bond acceptors (Lipinski definition) is 5. The third-order valence-corrected chi connectivity index (χ3v) is 2.51. The van der Waals surface area contributed by atoms with Gasteiger partial charge in [0.25, 0.3) is 5.91 Å². The van der Waals surface area contributed by atoms with Crippen LogP contribution in [-0.4, -0.2) is 32.2 Å². The van der Waals surface area contributed by atoms with E-state index in [1.54, 1.807) is 12.1 Å². The number of benzene rings is 1. The Bertz CT molecular complexity index is 495. The normalized spacial score (nSPS) is 11.3. The molecule has 1 aromatic rings. The zero-order valence-corrected chi connectivity index (χ0v) is 11.7. The zero-order chi connectivity index (χ0) is 15.0. The Balaban J connectivity index is 2.71. The minimum Gasteiger partial charge on any atom is -0.493 e. The van der Waals surface area contributed by atoms with Crippen LogP contribution in [0.5, 0.6) is 11.5 Å². The molecule has 0 fully saturated rings. The Morgan fingerprint density at radius 1 is 1.50 bits per heavy atom. The predicted octanol–water partition coefficient (Wildman–Crippen LogP) is 0.603. The number of amides is 1. The fraction of sp³-hybridized carbons (Fsp3) is 0.429. The number of carbonyl (C=O) groups is 1. The molecule has 3 N–H and O–H groups in total. The number of nitrogens with one attached hydrogen (secondary N) is 1. The summed E-state index contributed by atoms with van der Waals surface area (Å²) in [6.45, 7) is 1.71. The molecule has 1 atom stereocenters. The summed E-state index contributed by atoms with van der Waals surface area (Å²) in [5, 5.41) is 10.8. The first-order valence-corrected chi connectivity index (χ1v) is 6.25. The molecule has 0 aliphatic heterocycles. The third kappa shape index (κ3) is 5.16. The van der Waals surface area contributed by atoms with Crippen LogP contribution in [0.4, 0.5) is 0 Å². The second-order valence-corrected chi connectivity index (χ2v) is 4.39. The summed E-state index contributed by atoms with van der Waals surface area (Å²) in [5.41, 5.74) is 6.76. The van der Waals surface area contributed by atoms with Crippen LogP contribution in [0.25, 0.3) is 0 Å². The van der Waals surface area contributed by atoms with Gasteiger partial charge in [-0.3, -0.25) is 4.79 Å². The number of nitriles is 1. The summed E-state index contributed by atoms with van der Waals surface area (Å²) in [5.74, 6) is 0.676. The van der Waals surface area contributed by atoms with Crippen molar-refractivity contribution >= 4 is 5.91 Å². The molecule has 0 heterocycles. The monoisotopic (exact) mass is 277 g/mol. The molecule has 1 rings (SSSR count). The van der Waals surface area contributed by atoms with Crippen LogP contribution < -0.4 is 20.5 Å². The minimum absolute atomic E-state index is 0.0372. The molecule has 0 spiro atoms. The number of hydrogen-bond donors (Lipinski definition) is 2. The fourth-order valence-corrected chi connectivity index (χ4v) is 1.67. The molecule has 0 aliphatic carbocycles. The number of carbonyl (C=O) groups excluding carboxylic acids is 1. The lowest BCUT2D eigenvalue weighted by molar-refractivity contribution is -0.122. The highest BCUT2D eigenvalue weighted by molar-refractivity contribution is 5.77. The Morgan fingerprint density at radius 3 is 2.85 bits per heavy atom. The average Bonchev–Trinajstić information content (AvgIpc) is 2.42. The molecule has 6 heteroatoms. The predicted molar refractivity (Wildman–Crippen MR) is 74.5 cm³/mol. The van der Waals surface area contributed by atoms with E-state index < -0.39 is 0 Å². The molecule has 0 bridgehead atoms. The van der Waals surface area contributed by atoms with Crippen molar-refractivity contribution in [2.24, 2.45) is 5.73 Å². The van der Waals surface area contributed by atoms with Crippen molar-refractivity contribution in [1.82, 2.24) is 5.32 Å². The fourth-order valence-electron chi connectivity index (χ4n) is 1.67. The van der Waals surface area contributed by atoms with E-state index in [4.69, 9.17) is 20.5 Å². The number of nitrogens with zero attached hydrogens (tertiary/aromatic N) is 1. The van der Waals surface area contributed by atoms with Crippen LogP contribution in [-0.2, 0) is 11.2 Å². The Hall–Kier alpha value is -2.26. The largest absolute Gasteiger partial charge is 0.493 e. The molecule has 0 aliphatic rings. The van der Waals surface area contributed by atoms with Gasteiger partial charge in [0.1, 0.15) is 6.54 Å². The minimum atomic E-state index is -0.355. The first-order valence-electron chi connectivity index (χ1n) is 6.25. The van der Waals surface area contributed by atoms with Gasteiger partial charge in [-0.1, -0.05) is 6.07 Å². The van der Waals surface area contributed by atoms with Crippen molar-refractivity contribution in [3.05, 3.63) is 23.8 Å². The topological polar surface area (TPSA) is 97.4 Å². The molecular formula is C14H19N3O3. The molecule has 1 unspecified atom stereocenters. The second-order valence-electron chi connectivity index (χ2n) is 4.39. The van der Waals surface area contributed by atoms with Crippen molar-refractivity contribution < 1.29 is 14.3 Å². The quantitative estimate of drug-likeness (QED) is 0.711. The van der Waals surface area contributed by atoms with Gasteiger partial charge in [-0.25, -0.2) is 0 Å². The van der Waals surface area contributed by atoms with Gasteiger partial charge in [0.15, 0.2) is 18.1 Å².